The molecule has 0 aliphatic carbocycles. The van der Waals surface area contributed by atoms with E-state index in [9.17, 15) is 4.79 Å². The molecule has 1 unspecified atom stereocenters. The Bertz CT molecular complexity index is 197. The molecule has 1 aliphatic rings. The maximum Gasteiger partial charge on any atom is 0.222 e. The molecule has 1 rings (SSSR count). The lowest BCUT2D eigenvalue weighted by Gasteiger charge is -2.30. The third kappa shape index (κ3) is 4.62. The van der Waals surface area contributed by atoms with E-state index in [0.717, 1.165) is 38.8 Å². The average Bonchev–Trinajstić information content (AvgIpc) is 2.23. The van der Waals surface area contributed by atoms with Crippen LogP contribution in [-0.4, -0.2) is 48.7 Å². The summed E-state index contributed by atoms with van der Waals surface area (Å²) >= 11 is 0. The van der Waals surface area contributed by atoms with Gasteiger partial charge in [-0.15, -0.1) is 0 Å². The summed E-state index contributed by atoms with van der Waals surface area (Å²) in [7, 11) is 1.86. The Hall–Kier alpha value is -0.610. The van der Waals surface area contributed by atoms with Gasteiger partial charge in [-0.2, -0.15) is 0 Å². The SMILES string of the molecule is CN1CC(NCCCCCO)CCC1=O. The Morgan fingerprint density at radius 1 is 1.47 bits per heavy atom. The number of nitrogens with one attached hydrogen (secondary N) is 1. The highest BCUT2D eigenvalue weighted by atomic mass is 16.2. The molecular formula is C11H22N2O2. The Morgan fingerprint density at radius 3 is 2.93 bits per heavy atom. The third-order valence-electron chi connectivity index (χ3n) is 2.89. The van der Waals surface area contributed by atoms with E-state index in [1.807, 2.05) is 7.05 Å². The molecule has 4 heteroatoms. The maximum atomic E-state index is 11.2. The zero-order valence-electron chi connectivity index (χ0n) is 9.54. The fourth-order valence-electron chi connectivity index (χ4n) is 1.90. The van der Waals surface area contributed by atoms with Gasteiger partial charge in [-0.1, -0.05) is 0 Å². The van der Waals surface area contributed by atoms with Crippen LogP contribution in [0.3, 0.4) is 0 Å². The van der Waals surface area contributed by atoms with Crippen LogP contribution in [0.4, 0.5) is 0 Å². The van der Waals surface area contributed by atoms with Gasteiger partial charge in [-0.25, -0.2) is 0 Å². The number of carbonyl (C=O) groups is 1. The summed E-state index contributed by atoms with van der Waals surface area (Å²) in [5.74, 6) is 0.258. The van der Waals surface area contributed by atoms with Crippen molar-refractivity contribution in [2.75, 3.05) is 26.7 Å². The van der Waals surface area contributed by atoms with Crippen LogP contribution in [0.2, 0.25) is 0 Å². The predicted octanol–water partition coefficient (Wildman–Crippen LogP) is 0.359. The molecular weight excluding hydrogens is 192 g/mol. The van der Waals surface area contributed by atoms with E-state index >= 15 is 0 Å². The number of carbonyl (C=O) groups excluding carboxylic acids is 1. The van der Waals surface area contributed by atoms with Crippen LogP contribution in [-0.2, 0) is 4.79 Å². The summed E-state index contributed by atoms with van der Waals surface area (Å²) in [6, 6.07) is 0.460. The van der Waals surface area contributed by atoms with E-state index in [4.69, 9.17) is 5.11 Å². The van der Waals surface area contributed by atoms with Crippen LogP contribution in [0.15, 0.2) is 0 Å². The van der Waals surface area contributed by atoms with Gasteiger partial charge in [0, 0.05) is 32.7 Å². The van der Waals surface area contributed by atoms with Gasteiger partial charge in [0.05, 0.1) is 0 Å². The standard InChI is InChI=1S/C11H22N2O2/c1-13-9-10(5-6-11(13)15)12-7-3-2-4-8-14/h10,12,14H,2-9H2,1H3. The van der Waals surface area contributed by atoms with E-state index < -0.39 is 0 Å². The lowest BCUT2D eigenvalue weighted by molar-refractivity contribution is -0.132. The first kappa shape index (κ1) is 12.5. The molecule has 1 amide bonds. The molecule has 15 heavy (non-hydrogen) atoms. The van der Waals surface area contributed by atoms with E-state index in [1.54, 1.807) is 4.90 Å². The predicted molar refractivity (Wildman–Crippen MR) is 59.6 cm³/mol. The summed E-state index contributed by atoms with van der Waals surface area (Å²) in [4.78, 5) is 13.0. The average molecular weight is 214 g/mol. The zero-order chi connectivity index (χ0) is 11.1. The van der Waals surface area contributed by atoms with Gasteiger partial charge < -0.3 is 15.3 Å². The smallest absolute Gasteiger partial charge is 0.222 e. The molecule has 0 spiro atoms. The number of hydrogen-bond donors (Lipinski definition) is 2. The molecule has 0 bridgehead atoms. The second kappa shape index (κ2) is 6.80. The minimum Gasteiger partial charge on any atom is -0.396 e. The van der Waals surface area contributed by atoms with Gasteiger partial charge in [0.2, 0.25) is 5.91 Å². The number of aliphatic hydroxyl groups excluding tert-OH is 1. The fraction of sp³-hybridized carbons (Fsp3) is 0.909. The first-order valence-electron chi connectivity index (χ1n) is 5.82. The van der Waals surface area contributed by atoms with Crippen molar-refractivity contribution >= 4 is 5.91 Å². The van der Waals surface area contributed by atoms with E-state index in [2.05, 4.69) is 5.32 Å². The summed E-state index contributed by atoms with van der Waals surface area (Å²) in [6.45, 7) is 2.12. The summed E-state index contributed by atoms with van der Waals surface area (Å²) < 4.78 is 0. The lowest BCUT2D eigenvalue weighted by atomic mass is 10.1. The molecule has 0 aromatic heterocycles. The monoisotopic (exact) mass is 214 g/mol. The minimum absolute atomic E-state index is 0.258. The summed E-state index contributed by atoms with van der Waals surface area (Å²) in [6.07, 6.45) is 4.71. The number of hydrogen-bond acceptors (Lipinski definition) is 3. The molecule has 1 atom stereocenters. The summed E-state index contributed by atoms with van der Waals surface area (Å²) in [5, 5.41) is 12.1. The number of rotatable bonds is 6. The quantitative estimate of drug-likeness (QED) is 0.628. The largest absolute Gasteiger partial charge is 0.396 e. The topological polar surface area (TPSA) is 52.6 Å². The van der Waals surface area contributed by atoms with Crippen molar-refractivity contribution in [1.29, 1.82) is 0 Å². The van der Waals surface area contributed by atoms with Crippen molar-refractivity contribution in [2.24, 2.45) is 0 Å². The molecule has 0 aromatic carbocycles. The molecule has 1 heterocycles. The fourth-order valence-corrected chi connectivity index (χ4v) is 1.90. The number of nitrogens with zero attached hydrogens (tertiary/aromatic N) is 1. The zero-order valence-corrected chi connectivity index (χ0v) is 9.54. The molecule has 1 fully saturated rings. The van der Waals surface area contributed by atoms with Gasteiger partial charge in [-0.05, 0) is 32.2 Å². The molecule has 1 aliphatic heterocycles. The van der Waals surface area contributed by atoms with Crippen molar-refractivity contribution in [3.05, 3.63) is 0 Å². The molecule has 88 valence electrons. The van der Waals surface area contributed by atoms with Gasteiger partial charge in [0.25, 0.3) is 0 Å². The van der Waals surface area contributed by atoms with Crippen molar-refractivity contribution < 1.29 is 9.90 Å². The minimum atomic E-state index is 0.258. The molecule has 0 radical (unpaired) electrons. The maximum absolute atomic E-state index is 11.2. The number of likely N-dealkylation sites (tertiary alicyclic amines) is 1. The van der Waals surface area contributed by atoms with Crippen LogP contribution in [0.1, 0.15) is 32.1 Å². The Labute approximate surface area is 91.6 Å². The van der Waals surface area contributed by atoms with Gasteiger partial charge in [0.1, 0.15) is 0 Å². The van der Waals surface area contributed by atoms with E-state index in [1.165, 1.54) is 0 Å². The van der Waals surface area contributed by atoms with Crippen LogP contribution < -0.4 is 5.32 Å². The van der Waals surface area contributed by atoms with Crippen molar-refractivity contribution in [3.63, 3.8) is 0 Å². The summed E-state index contributed by atoms with van der Waals surface area (Å²) in [5.41, 5.74) is 0. The van der Waals surface area contributed by atoms with Crippen LogP contribution in [0.25, 0.3) is 0 Å². The normalized spacial score (nSPS) is 22.1. The molecule has 2 N–H and O–H groups in total. The number of piperidine rings is 1. The number of aliphatic hydroxyl groups is 1. The highest BCUT2D eigenvalue weighted by molar-refractivity contribution is 5.76. The second-order valence-electron chi connectivity index (χ2n) is 4.25. The van der Waals surface area contributed by atoms with Crippen molar-refractivity contribution in [2.45, 2.75) is 38.1 Å². The molecule has 1 saturated heterocycles. The first-order chi connectivity index (χ1) is 7.24. The van der Waals surface area contributed by atoms with E-state index in [-0.39, 0.29) is 5.91 Å². The van der Waals surface area contributed by atoms with Crippen molar-refractivity contribution in [3.8, 4) is 0 Å². The first-order valence-corrected chi connectivity index (χ1v) is 5.82. The van der Waals surface area contributed by atoms with Crippen LogP contribution in [0, 0.1) is 0 Å². The Morgan fingerprint density at radius 2 is 2.27 bits per heavy atom. The number of unbranched alkanes of at least 4 members (excludes halogenated alkanes) is 2. The Kier molecular flexibility index (Phi) is 5.65. The molecule has 0 aromatic rings. The van der Waals surface area contributed by atoms with E-state index in [0.29, 0.717) is 19.1 Å². The van der Waals surface area contributed by atoms with Gasteiger partial charge in [-0.3, -0.25) is 4.79 Å². The number of amides is 1. The third-order valence-corrected chi connectivity index (χ3v) is 2.89. The second-order valence-corrected chi connectivity index (χ2v) is 4.25. The highest BCUT2D eigenvalue weighted by Crippen LogP contribution is 2.09. The lowest BCUT2D eigenvalue weighted by Crippen LogP contribution is -2.46. The molecule has 4 nitrogen and oxygen atoms in total. The van der Waals surface area contributed by atoms with Gasteiger partial charge >= 0.3 is 0 Å². The van der Waals surface area contributed by atoms with Crippen LogP contribution in [0.5, 0.6) is 0 Å². The Balaban J connectivity index is 2.04. The van der Waals surface area contributed by atoms with Crippen LogP contribution >= 0.6 is 0 Å². The number of likely N-dealkylation sites (N-methyl/N-ethyl adjacent to an activating group) is 1. The highest BCUT2D eigenvalue weighted by Gasteiger charge is 2.21. The van der Waals surface area contributed by atoms with Gasteiger partial charge in [0.15, 0.2) is 0 Å². The van der Waals surface area contributed by atoms with Crippen molar-refractivity contribution in [1.82, 2.24) is 10.2 Å². The molecule has 0 saturated carbocycles.